The van der Waals surface area contributed by atoms with Gasteiger partial charge >= 0.3 is 6.03 Å². The van der Waals surface area contributed by atoms with E-state index >= 15 is 0 Å². The molecule has 2 aliphatic rings. The second-order valence-corrected chi connectivity index (χ2v) is 6.75. The van der Waals surface area contributed by atoms with Crippen LogP contribution in [-0.4, -0.2) is 78.9 Å². The summed E-state index contributed by atoms with van der Waals surface area (Å²) in [6.45, 7) is 4.56. The van der Waals surface area contributed by atoms with Gasteiger partial charge in [0.25, 0.3) is 0 Å². The molecule has 7 nitrogen and oxygen atoms in total. The van der Waals surface area contributed by atoms with Gasteiger partial charge in [0.15, 0.2) is 0 Å². The molecular formula is C17H30N4O3. The third kappa shape index (κ3) is 5.78. The van der Waals surface area contributed by atoms with E-state index in [9.17, 15) is 14.4 Å². The van der Waals surface area contributed by atoms with Crippen LogP contribution in [0.5, 0.6) is 0 Å². The van der Waals surface area contributed by atoms with Gasteiger partial charge in [0.2, 0.25) is 11.8 Å². The molecular weight excluding hydrogens is 308 g/mol. The molecule has 2 aliphatic heterocycles. The molecule has 2 rings (SSSR count). The van der Waals surface area contributed by atoms with Crippen LogP contribution in [0.4, 0.5) is 4.79 Å². The quantitative estimate of drug-likeness (QED) is 0.530. The average molecular weight is 338 g/mol. The van der Waals surface area contributed by atoms with Gasteiger partial charge in [-0.25, -0.2) is 4.79 Å². The van der Waals surface area contributed by atoms with Gasteiger partial charge in [0.1, 0.15) is 6.54 Å². The summed E-state index contributed by atoms with van der Waals surface area (Å²) in [6, 6.07) is -0.266. The smallest absolute Gasteiger partial charge is 0.326 e. The Kier molecular flexibility index (Phi) is 7.49. The Hall–Kier alpha value is -1.63. The third-order valence-corrected chi connectivity index (χ3v) is 4.69. The summed E-state index contributed by atoms with van der Waals surface area (Å²) in [5.74, 6) is -0.182. The monoisotopic (exact) mass is 338 g/mol. The maximum absolute atomic E-state index is 11.8. The largest absolute Gasteiger partial charge is 0.356 e. The minimum absolute atomic E-state index is 0.00156. The van der Waals surface area contributed by atoms with E-state index in [2.05, 4.69) is 10.2 Å². The lowest BCUT2D eigenvalue weighted by Gasteiger charge is -2.19. The number of hydrogen-bond donors (Lipinski definition) is 1. The van der Waals surface area contributed by atoms with E-state index in [4.69, 9.17) is 0 Å². The van der Waals surface area contributed by atoms with Crippen molar-refractivity contribution in [2.75, 3.05) is 46.3 Å². The molecule has 0 aromatic carbocycles. The van der Waals surface area contributed by atoms with Crippen LogP contribution < -0.4 is 5.32 Å². The fourth-order valence-electron chi connectivity index (χ4n) is 3.27. The highest BCUT2D eigenvalue weighted by Gasteiger charge is 2.32. The van der Waals surface area contributed by atoms with Crippen LogP contribution in [-0.2, 0) is 9.59 Å². The van der Waals surface area contributed by atoms with Crippen molar-refractivity contribution in [2.45, 2.75) is 44.9 Å². The van der Waals surface area contributed by atoms with Crippen molar-refractivity contribution >= 4 is 17.8 Å². The first-order chi connectivity index (χ1) is 11.6. The Bertz CT molecular complexity index is 447. The zero-order valence-corrected chi connectivity index (χ0v) is 14.8. The number of likely N-dealkylation sites (tertiary alicyclic amines) is 1. The van der Waals surface area contributed by atoms with E-state index in [-0.39, 0.29) is 24.4 Å². The van der Waals surface area contributed by atoms with Crippen LogP contribution >= 0.6 is 0 Å². The van der Waals surface area contributed by atoms with Crippen LogP contribution in [0.15, 0.2) is 0 Å². The number of urea groups is 1. The molecule has 0 bridgehead atoms. The number of nitrogens with one attached hydrogen (secondary N) is 1. The Labute approximate surface area is 144 Å². The van der Waals surface area contributed by atoms with Crippen molar-refractivity contribution in [3.8, 4) is 0 Å². The van der Waals surface area contributed by atoms with E-state index in [1.54, 1.807) is 7.05 Å². The summed E-state index contributed by atoms with van der Waals surface area (Å²) in [6.07, 6.45) is 7.09. The lowest BCUT2D eigenvalue weighted by Crippen LogP contribution is -2.34. The Morgan fingerprint density at radius 2 is 1.75 bits per heavy atom. The Morgan fingerprint density at radius 3 is 2.38 bits per heavy atom. The number of amides is 4. The van der Waals surface area contributed by atoms with Crippen molar-refractivity contribution in [1.29, 1.82) is 0 Å². The number of nitrogens with zero attached hydrogens (tertiary/aromatic N) is 3. The summed E-state index contributed by atoms with van der Waals surface area (Å²) in [5, 5.41) is 2.93. The molecule has 0 spiro atoms. The lowest BCUT2D eigenvalue weighted by molar-refractivity contribution is -0.126. The summed E-state index contributed by atoms with van der Waals surface area (Å²) in [4.78, 5) is 40.3. The van der Waals surface area contributed by atoms with Crippen LogP contribution in [0.3, 0.4) is 0 Å². The van der Waals surface area contributed by atoms with E-state index in [0.29, 0.717) is 25.9 Å². The molecule has 2 saturated heterocycles. The summed E-state index contributed by atoms with van der Waals surface area (Å²) in [7, 11) is 1.61. The maximum atomic E-state index is 11.8. The van der Waals surface area contributed by atoms with Crippen LogP contribution in [0.2, 0.25) is 0 Å². The SMILES string of the molecule is CN1CC(=O)N(CCCC(=O)NCCCN2CCCCCC2)C1=O. The van der Waals surface area contributed by atoms with E-state index in [0.717, 1.165) is 13.0 Å². The highest BCUT2D eigenvalue weighted by molar-refractivity contribution is 6.01. The molecule has 1 N–H and O–H groups in total. The topological polar surface area (TPSA) is 73.0 Å². The molecule has 0 aliphatic carbocycles. The van der Waals surface area contributed by atoms with E-state index in [1.165, 1.54) is 48.6 Å². The molecule has 0 atom stereocenters. The number of likely N-dealkylation sites (N-methyl/N-ethyl adjacent to an activating group) is 1. The van der Waals surface area contributed by atoms with Gasteiger partial charge in [-0.1, -0.05) is 12.8 Å². The Morgan fingerprint density at radius 1 is 1.04 bits per heavy atom. The molecule has 24 heavy (non-hydrogen) atoms. The van der Waals surface area contributed by atoms with Crippen LogP contribution in [0.25, 0.3) is 0 Å². The minimum Gasteiger partial charge on any atom is -0.356 e. The van der Waals surface area contributed by atoms with Gasteiger partial charge in [-0.15, -0.1) is 0 Å². The van der Waals surface area contributed by atoms with E-state index < -0.39 is 0 Å². The highest BCUT2D eigenvalue weighted by Crippen LogP contribution is 2.10. The molecule has 0 unspecified atom stereocenters. The minimum atomic E-state index is -0.266. The van der Waals surface area contributed by atoms with Gasteiger partial charge in [-0.3, -0.25) is 14.5 Å². The predicted molar refractivity (Wildman–Crippen MR) is 91.5 cm³/mol. The first-order valence-electron chi connectivity index (χ1n) is 9.12. The number of imide groups is 1. The van der Waals surface area contributed by atoms with E-state index in [1.807, 2.05) is 0 Å². The van der Waals surface area contributed by atoms with Gasteiger partial charge in [-0.05, 0) is 45.3 Å². The summed E-state index contributed by atoms with van der Waals surface area (Å²) >= 11 is 0. The number of carbonyl (C=O) groups excluding carboxylic acids is 3. The van der Waals surface area contributed by atoms with Crippen LogP contribution in [0.1, 0.15) is 44.9 Å². The van der Waals surface area contributed by atoms with Gasteiger partial charge in [0, 0.05) is 26.6 Å². The first-order valence-corrected chi connectivity index (χ1v) is 9.12. The summed E-state index contributed by atoms with van der Waals surface area (Å²) in [5.41, 5.74) is 0. The fourth-order valence-corrected chi connectivity index (χ4v) is 3.27. The lowest BCUT2D eigenvalue weighted by atomic mass is 10.2. The normalized spacial score (nSPS) is 19.7. The van der Waals surface area contributed by atoms with Crippen molar-refractivity contribution in [3.63, 3.8) is 0 Å². The molecule has 0 aromatic heterocycles. The molecule has 0 radical (unpaired) electrons. The molecule has 2 heterocycles. The van der Waals surface area contributed by atoms with Crippen molar-refractivity contribution < 1.29 is 14.4 Å². The number of rotatable bonds is 8. The number of carbonyl (C=O) groups is 3. The highest BCUT2D eigenvalue weighted by atomic mass is 16.2. The zero-order valence-electron chi connectivity index (χ0n) is 14.8. The number of hydrogen-bond acceptors (Lipinski definition) is 4. The third-order valence-electron chi connectivity index (χ3n) is 4.69. The second-order valence-electron chi connectivity index (χ2n) is 6.75. The summed E-state index contributed by atoms with van der Waals surface area (Å²) < 4.78 is 0. The zero-order chi connectivity index (χ0) is 17.4. The molecule has 2 fully saturated rings. The van der Waals surface area contributed by atoms with Gasteiger partial charge < -0.3 is 15.1 Å². The van der Waals surface area contributed by atoms with Crippen molar-refractivity contribution in [3.05, 3.63) is 0 Å². The Balaban J connectivity index is 1.52. The second kappa shape index (κ2) is 9.61. The van der Waals surface area contributed by atoms with Gasteiger partial charge in [0.05, 0.1) is 0 Å². The van der Waals surface area contributed by atoms with Crippen LogP contribution in [0, 0.1) is 0 Å². The maximum Gasteiger partial charge on any atom is 0.326 e. The average Bonchev–Trinajstić information content (AvgIpc) is 2.77. The molecule has 4 amide bonds. The molecule has 7 heteroatoms. The van der Waals surface area contributed by atoms with Gasteiger partial charge in [-0.2, -0.15) is 0 Å². The molecule has 0 saturated carbocycles. The van der Waals surface area contributed by atoms with Crippen molar-refractivity contribution in [2.24, 2.45) is 0 Å². The molecule has 0 aromatic rings. The predicted octanol–water partition coefficient (Wildman–Crippen LogP) is 1.04. The fraction of sp³-hybridized carbons (Fsp3) is 0.824. The molecule has 136 valence electrons. The standard InChI is InChI=1S/C17H30N4O3/c1-19-14-16(23)21(17(19)24)13-6-8-15(22)18-9-7-12-20-10-4-2-3-5-11-20/h2-14H2,1H3,(H,18,22). The first kappa shape index (κ1) is 18.7. The van der Waals surface area contributed by atoms with Crippen molar-refractivity contribution in [1.82, 2.24) is 20.0 Å².